The molecule has 0 fully saturated rings. The first kappa shape index (κ1) is 17.3. The molecule has 0 aliphatic rings. The summed E-state index contributed by atoms with van der Waals surface area (Å²) in [6, 6.07) is 0. The van der Waals surface area contributed by atoms with Crippen molar-refractivity contribution in [2.45, 2.75) is 38.5 Å². The molecule has 0 saturated heterocycles. The number of carbonyl (C=O) groups excluding carboxylic acids is 2. The molecule has 0 spiro atoms. The van der Waals surface area contributed by atoms with E-state index < -0.39 is 0 Å². The van der Waals surface area contributed by atoms with Crippen molar-refractivity contribution >= 4 is 11.8 Å². The van der Waals surface area contributed by atoms with Gasteiger partial charge in [0.25, 0.3) is 0 Å². The highest BCUT2D eigenvalue weighted by Crippen LogP contribution is 1.97. The second-order valence-electron chi connectivity index (χ2n) is 3.42. The summed E-state index contributed by atoms with van der Waals surface area (Å²) in [4.78, 5) is 20.3. The lowest BCUT2D eigenvalue weighted by Gasteiger charge is -1.93. The van der Waals surface area contributed by atoms with E-state index in [1.807, 2.05) is 0 Å². The van der Waals surface area contributed by atoms with Crippen LogP contribution in [0.2, 0.25) is 0 Å². The van der Waals surface area contributed by atoms with Crippen LogP contribution in [0.4, 0.5) is 0 Å². The van der Waals surface area contributed by atoms with Crippen molar-refractivity contribution in [1.82, 2.24) is 0 Å². The zero-order valence-electron chi connectivity index (χ0n) is 9.78. The topological polar surface area (TPSA) is 138 Å². The molecule has 0 heterocycles. The fraction of sp³-hybridized carbons (Fsp3) is 0.800. The molecule has 0 aliphatic heterocycles. The van der Waals surface area contributed by atoms with Crippen LogP contribution in [0, 0.1) is 0 Å². The summed E-state index contributed by atoms with van der Waals surface area (Å²) in [5, 5.41) is 0. The molecule has 0 saturated carbocycles. The minimum atomic E-state index is -0.329. The van der Waals surface area contributed by atoms with Gasteiger partial charge in [0.05, 0.1) is 0 Å². The number of carbonyl (C=O) groups is 2. The van der Waals surface area contributed by atoms with Gasteiger partial charge in [-0.2, -0.15) is 0 Å². The van der Waals surface area contributed by atoms with E-state index in [9.17, 15) is 9.59 Å². The van der Waals surface area contributed by atoms with Gasteiger partial charge in [0.15, 0.2) is 0 Å². The van der Waals surface area contributed by atoms with Gasteiger partial charge < -0.3 is 22.9 Å². The molecule has 6 nitrogen and oxygen atoms in total. The summed E-state index contributed by atoms with van der Waals surface area (Å²) in [5.41, 5.74) is 20.0. The molecule has 0 aromatic carbocycles. The Kier molecular flexibility index (Phi) is 15.0. The highest BCUT2D eigenvalue weighted by molar-refractivity contribution is 5.74. The molecule has 0 aromatic heterocycles. The van der Waals surface area contributed by atoms with Crippen LogP contribution in [0.3, 0.4) is 0 Å². The lowest BCUT2D eigenvalue weighted by atomic mass is 10.2. The van der Waals surface area contributed by atoms with Crippen LogP contribution in [-0.2, 0) is 9.59 Å². The number of unbranched alkanes of at least 4 members (excludes halogenated alkanes) is 2. The van der Waals surface area contributed by atoms with Crippen molar-refractivity contribution in [3.63, 3.8) is 0 Å². The first-order chi connectivity index (χ1) is 7.54. The SMILES string of the molecule is NC(=O)CCCCC(N)=O.NCCCCN. The van der Waals surface area contributed by atoms with Crippen LogP contribution >= 0.6 is 0 Å². The standard InChI is InChI=1S/C6H12N2O2.C4H12N2/c7-5(9)3-1-2-4-6(8)10;5-3-1-2-4-6/h1-4H2,(H2,7,9)(H2,8,10);1-6H2. The monoisotopic (exact) mass is 232 g/mol. The van der Waals surface area contributed by atoms with E-state index >= 15 is 0 Å². The zero-order chi connectivity index (χ0) is 12.8. The molecule has 0 aliphatic carbocycles. The normalized spacial score (nSPS) is 9.12. The van der Waals surface area contributed by atoms with E-state index in [2.05, 4.69) is 0 Å². The van der Waals surface area contributed by atoms with Gasteiger partial charge in [0.2, 0.25) is 11.8 Å². The minimum absolute atomic E-state index is 0.329. The Balaban J connectivity index is 0. The van der Waals surface area contributed by atoms with Gasteiger partial charge in [-0.25, -0.2) is 0 Å². The first-order valence-corrected chi connectivity index (χ1v) is 5.51. The molecule has 0 unspecified atom stereocenters. The van der Waals surface area contributed by atoms with E-state index in [0.717, 1.165) is 25.9 Å². The van der Waals surface area contributed by atoms with E-state index in [1.165, 1.54) is 0 Å². The third-order valence-electron chi connectivity index (χ3n) is 1.75. The zero-order valence-corrected chi connectivity index (χ0v) is 9.78. The predicted octanol–water partition coefficient (Wildman–Crippen LogP) is -0.799. The van der Waals surface area contributed by atoms with Gasteiger partial charge >= 0.3 is 0 Å². The number of primary amides is 2. The van der Waals surface area contributed by atoms with E-state index in [1.54, 1.807) is 0 Å². The Morgan fingerprint density at radius 2 is 1.00 bits per heavy atom. The molecule has 6 heteroatoms. The lowest BCUT2D eigenvalue weighted by Crippen LogP contribution is -2.12. The van der Waals surface area contributed by atoms with Crippen molar-refractivity contribution in [3.05, 3.63) is 0 Å². The van der Waals surface area contributed by atoms with Crippen LogP contribution in [0.1, 0.15) is 38.5 Å². The van der Waals surface area contributed by atoms with Crippen LogP contribution in [0.15, 0.2) is 0 Å². The third kappa shape index (κ3) is 23.0. The molecule has 0 atom stereocenters. The maximum absolute atomic E-state index is 10.2. The summed E-state index contributed by atoms with van der Waals surface area (Å²) >= 11 is 0. The van der Waals surface area contributed by atoms with Crippen molar-refractivity contribution in [1.29, 1.82) is 0 Å². The van der Waals surface area contributed by atoms with Gasteiger partial charge in [0.1, 0.15) is 0 Å². The Morgan fingerprint density at radius 1 is 0.688 bits per heavy atom. The summed E-state index contributed by atoms with van der Waals surface area (Å²) in [7, 11) is 0. The second kappa shape index (κ2) is 13.9. The average molecular weight is 232 g/mol. The van der Waals surface area contributed by atoms with Gasteiger partial charge in [-0.15, -0.1) is 0 Å². The second-order valence-corrected chi connectivity index (χ2v) is 3.42. The average Bonchev–Trinajstić information content (AvgIpc) is 2.22. The van der Waals surface area contributed by atoms with Crippen molar-refractivity contribution in [3.8, 4) is 0 Å². The smallest absolute Gasteiger partial charge is 0.217 e. The molecule has 0 bridgehead atoms. The highest BCUT2D eigenvalue weighted by Gasteiger charge is 1.96. The minimum Gasteiger partial charge on any atom is -0.370 e. The maximum atomic E-state index is 10.2. The molecular formula is C10H24N4O2. The number of hydrogen-bond donors (Lipinski definition) is 4. The van der Waals surface area contributed by atoms with E-state index in [0.29, 0.717) is 25.7 Å². The summed E-state index contributed by atoms with van der Waals surface area (Å²) in [6.07, 6.45) is 4.12. The lowest BCUT2D eigenvalue weighted by molar-refractivity contribution is -0.119. The third-order valence-corrected chi connectivity index (χ3v) is 1.75. The van der Waals surface area contributed by atoms with Crippen molar-refractivity contribution < 1.29 is 9.59 Å². The van der Waals surface area contributed by atoms with Crippen molar-refractivity contribution in [2.75, 3.05) is 13.1 Å². The molecule has 16 heavy (non-hydrogen) atoms. The highest BCUT2D eigenvalue weighted by atomic mass is 16.1. The first-order valence-electron chi connectivity index (χ1n) is 5.51. The van der Waals surface area contributed by atoms with Gasteiger partial charge in [0, 0.05) is 12.8 Å². The Morgan fingerprint density at radius 3 is 1.19 bits per heavy atom. The Hall–Kier alpha value is -1.14. The molecule has 0 aromatic rings. The van der Waals surface area contributed by atoms with Crippen LogP contribution in [0.5, 0.6) is 0 Å². The predicted molar refractivity (Wildman–Crippen MR) is 64.2 cm³/mol. The van der Waals surface area contributed by atoms with Gasteiger partial charge in [-0.3, -0.25) is 9.59 Å². The van der Waals surface area contributed by atoms with Crippen molar-refractivity contribution in [2.24, 2.45) is 22.9 Å². The number of rotatable bonds is 8. The number of hydrogen-bond acceptors (Lipinski definition) is 4. The van der Waals surface area contributed by atoms with Gasteiger partial charge in [-0.1, -0.05) is 0 Å². The van der Waals surface area contributed by atoms with E-state index in [4.69, 9.17) is 22.9 Å². The van der Waals surface area contributed by atoms with Crippen LogP contribution < -0.4 is 22.9 Å². The molecule has 0 radical (unpaired) electrons. The molecule has 0 rings (SSSR count). The fourth-order valence-corrected chi connectivity index (χ4v) is 0.887. The quantitative estimate of drug-likeness (QED) is 0.407. The molecule has 8 N–H and O–H groups in total. The van der Waals surface area contributed by atoms with Crippen LogP contribution in [-0.4, -0.2) is 24.9 Å². The summed E-state index contributed by atoms with van der Waals surface area (Å²) < 4.78 is 0. The Labute approximate surface area is 96.7 Å². The maximum Gasteiger partial charge on any atom is 0.217 e. The number of nitrogens with two attached hydrogens (primary N) is 4. The largest absolute Gasteiger partial charge is 0.370 e. The van der Waals surface area contributed by atoms with Crippen LogP contribution in [0.25, 0.3) is 0 Å². The number of amides is 2. The van der Waals surface area contributed by atoms with Gasteiger partial charge in [-0.05, 0) is 38.8 Å². The fourth-order valence-electron chi connectivity index (χ4n) is 0.887. The Bertz CT molecular complexity index is 166. The molecule has 96 valence electrons. The van der Waals surface area contributed by atoms with E-state index in [-0.39, 0.29) is 11.8 Å². The summed E-state index contributed by atoms with van der Waals surface area (Å²) in [6.45, 7) is 1.55. The molecular weight excluding hydrogens is 208 g/mol. The summed E-state index contributed by atoms with van der Waals surface area (Å²) in [5.74, 6) is -0.658. The molecule has 2 amide bonds.